The molecule has 0 radical (unpaired) electrons. The number of para-hydroxylation sites is 1. The number of hydrogen-bond donors (Lipinski definition) is 1. The Bertz CT molecular complexity index is 1380. The number of sulfone groups is 1. The summed E-state index contributed by atoms with van der Waals surface area (Å²) in [6.45, 7) is 0. The van der Waals surface area contributed by atoms with Crippen molar-refractivity contribution in [2.24, 2.45) is 0 Å². The van der Waals surface area contributed by atoms with Crippen LogP contribution in [0.5, 0.6) is 0 Å². The SMILES string of the molecule is O=S(=O)(Nc1cc(F)cnc1S(=O)(=O)c1ccccc1)c1cc2ccccc2o1. The van der Waals surface area contributed by atoms with E-state index in [1.165, 1.54) is 30.3 Å². The first-order valence-electron chi connectivity index (χ1n) is 8.24. The van der Waals surface area contributed by atoms with Gasteiger partial charge < -0.3 is 4.42 Å². The van der Waals surface area contributed by atoms with E-state index in [0.29, 0.717) is 17.2 Å². The number of benzene rings is 2. The van der Waals surface area contributed by atoms with Crippen molar-refractivity contribution >= 4 is 36.5 Å². The minimum Gasteiger partial charge on any atom is -0.443 e. The second kappa shape index (κ2) is 6.98. The topological polar surface area (TPSA) is 106 Å². The Kier molecular flexibility index (Phi) is 4.59. The average Bonchev–Trinajstić information content (AvgIpc) is 3.13. The van der Waals surface area contributed by atoms with Gasteiger partial charge in [0, 0.05) is 17.5 Å². The van der Waals surface area contributed by atoms with Crippen molar-refractivity contribution in [1.29, 1.82) is 0 Å². The van der Waals surface area contributed by atoms with Gasteiger partial charge in [0.25, 0.3) is 10.0 Å². The maximum atomic E-state index is 13.8. The molecule has 2 aromatic carbocycles. The van der Waals surface area contributed by atoms with Crippen LogP contribution in [0, 0.1) is 5.82 Å². The van der Waals surface area contributed by atoms with Gasteiger partial charge in [-0.3, -0.25) is 4.72 Å². The lowest BCUT2D eigenvalue weighted by Crippen LogP contribution is -2.16. The van der Waals surface area contributed by atoms with Crippen molar-refractivity contribution in [1.82, 2.24) is 4.98 Å². The molecule has 4 rings (SSSR count). The van der Waals surface area contributed by atoms with E-state index in [-0.39, 0.29) is 4.90 Å². The van der Waals surface area contributed by atoms with Gasteiger partial charge in [-0.05, 0) is 18.2 Å². The van der Waals surface area contributed by atoms with Crippen LogP contribution in [0.4, 0.5) is 10.1 Å². The summed E-state index contributed by atoms with van der Waals surface area (Å²) in [5, 5.41) is -0.516. The van der Waals surface area contributed by atoms with Gasteiger partial charge in [-0.15, -0.1) is 0 Å². The van der Waals surface area contributed by atoms with Crippen molar-refractivity contribution in [3.8, 4) is 0 Å². The molecule has 0 spiro atoms. The first-order chi connectivity index (χ1) is 13.8. The van der Waals surface area contributed by atoms with Crippen molar-refractivity contribution < 1.29 is 25.6 Å². The summed E-state index contributed by atoms with van der Waals surface area (Å²) in [7, 11) is -8.55. The van der Waals surface area contributed by atoms with Crippen LogP contribution in [-0.2, 0) is 19.9 Å². The van der Waals surface area contributed by atoms with Crippen LogP contribution in [-0.4, -0.2) is 21.8 Å². The van der Waals surface area contributed by atoms with Crippen molar-refractivity contribution in [2.45, 2.75) is 15.0 Å². The zero-order chi connectivity index (χ0) is 20.6. The lowest BCUT2D eigenvalue weighted by molar-refractivity contribution is 0.484. The van der Waals surface area contributed by atoms with Gasteiger partial charge in [0.05, 0.1) is 16.8 Å². The van der Waals surface area contributed by atoms with Crippen molar-refractivity contribution in [2.75, 3.05) is 4.72 Å². The molecule has 2 aromatic heterocycles. The Hall–Kier alpha value is -3.24. The second-order valence-corrected chi connectivity index (χ2v) is 9.51. The number of furan rings is 1. The predicted molar refractivity (Wildman–Crippen MR) is 103 cm³/mol. The molecule has 0 unspecified atom stereocenters. The zero-order valence-electron chi connectivity index (χ0n) is 14.6. The highest BCUT2D eigenvalue weighted by Gasteiger charge is 2.28. The Morgan fingerprint density at radius 3 is 2.31 bits per heavy atom. The number of halogens is 1. The molecule has 4 aromatic rings. The third kappa shape index (κ3) is 3.59. The average molecular weight is 432 g/mol. The first kappa shape index (κ1) is 19.1. The monoisotopic (exact) mass is 432 g/mol. The van der Waals surface area contributed by atoms with Gasteiger partial charge in [-0.2, -0.15) is 8.42 Å². The summed E-state index contributed by atoms with van der Waals surface area (Å²) in [6.07, 6.45) is 0.703. The van der Waals surface area contributed by atoms with Crippen LogP contribution in [0.25, 0.3) is 11.0 Å². The van der Waals surface area contributed by atoms with Crippen LogP contribution < -0.4 is 4.72 Å². The third-order valence-electron chi connectivity index (χ3n) is 4.04. The van der Waals surface area contributed by atoms with Gasteiger partial charge in [0.2, 0.25) is 14.9 Å². The van der Waals surface area contributed by atoms with E-state index in [1.807, 2.05) is 0 Å². The van der Waals surface area contributed by atoms with Crippen molar-refractivity contribution in [3.05, 3.63) is 78.7 Å². The van der Waals surface area contributed by atoms with E-state index in [4.69, 9.17) is 4.42 Å². The van der Waals surface area contributed by atoms with Gasteiger partial charge in [-0.1, -0.05) is 36.4 Å². The molecule has 0 amide bonds. The molecule has 0 bridgehead atoms. The molecule has 1 N–H and O–H groups in total. The number of nitrogens with one attached hydrogen (secondary N) is 1. The normalized spacial score (nSPS) is 12.2. The van der Waals surface area contributed by atoms with Gasteiger partial charge in [0.15, 0.2) is 5.03 Å². The molecule has 0 fully saturated rings. The Labute approximate surface area is 165 Å². The second-order valence-electron chi connectivity index (χ2n) is 6.03. The van der Waals surface area contributed by atoms with E-state index in [1.54, 1.807) is 30.3 Å². The van der Waals surface area contributed by atoms with Gasteiger partial charge >= 0.3 is 0 Å². The minimum atomic E-state index is -4.34. The number of aromatic nitrogens is 1. The summed E-state index contributed by atoms with van der Waals surface area (Å²) in [6, 6.07) is 16.0. The Morgan fingerprint density at radius 1 is 0.897 bits per heavy atom. The maximum Gasteiger partial charge on any atom is 0.295 e. The summed E-state index contributed by atoms with van der Waals surface area (Å²) in [4.78, 5) is 3.52. The number of nitrogens with zero attached hydrogens (tertiary/aromatic N) is 1. The molecule has 0 aliphatic carbocycles. The largest absolute Gasteiger partial charge is 0.443 e. The summed E-state index contributed by atoms with van der Waals surface area (Å²) >= 11 is 0. The third-order valence-corrected chi connectivity index (χ3v) is 6.98. The van der Waals surface area contributed by atoms with Gasteiger partial charge in [-0.25, -0.2) is 17.8 Å². The molecular weight excluding hydrogens is 419 g/mol. The van der Waals surface area contributed by atoms with E-state index in [2.05, 4.69) is 9.71 Å². The van der Waals surface area contributed by atoms with E-state index in [9.17, 15) is 21.2 Å². The molecule has 0 saturated carbocycles. The molecular formula is C19H13FN2O5S2. The van der Waals surface area contributed by atoms with Crippen LogP contribution in [0.3, 0.4) is 0 Å². The van der Waals surface area contributed by atoms with E-state index < -0.39 is 41.5 Å². The number of hydrogen-bond acceptors (Lipinski definition) is 6. The Morgan fingerprint density at radius 2 is 1.59 bits per heavy atom. The van der Waals surface area contributed by atoms with Crippen LogP contribution in [0.2, 0.25) is 0 Å². The summed E-state index contributed by atoms with van der Waals surface area (Å²) in [5.74, 6) is -0.903. The molecule has 0 aliphatic rings. The lowest BCUT2D eigenvalue weighted by atomic mass is 10.3. The number of fused-ring (bicyclic) bond motifs is 1. The Balaban J connectivity index is 1.80. The molecule has 0 saturated heterocycles. The molecule has 2 heterocycles. The lowest BCUT2D eigenvalue weighted by Gasteiger charge is -2.11. The van der Waals surface area contributed by atoms with Crippen LogP contribution >= 0.6 is 0 Å². The number of anilines is 1. The quantitative estimate of drug-likeness (QED) is 0.516. The molecule has 0 atom stereocenters. The van der Waals surface area contributed by atoms with Crippen LogP contribution in [0.1, 0.15) is 0 Å². The maximum absolute atomic E-state index is 13.8. The highest BCUT2D eigenvalue weighted by molar-refractivity contribution is 7.93. The molecule has 0 aliphatic heterocycles. The van der Waals surface area contributed by atoms with E-state index in [0.717, 1.165) is 6.07 Å². The highest BCUT2D eigenvalue weighted by atomic mass is 32.2. The molecule has 7 nitrogen and oxygen atoms in total. The number of pyridine rings is 1. The predicted octanol–water partition coefficient (Wildman–Crippen LogP) is 3.60. The number of sulfonamides is 1. The fourth-order valence-electron chi connectivity index (χ4n) is 2.71. The molecule has 29 heavy (non-hydrogen) atoms. The summed E-state index contributed by atoms with van der Waals surface area (Å²) < 4.78 is 72.4. The van der Waals surface area contributed by atoms with Crippen LogP contribution in [0.15, 0.2) is 92.4 Å². The standard InChI is InChI=1S/C19H13FN2O5S2/c20-14-11-16(19(21-12-14)28(23,24)15-7-2-1-3-8-15)22-29(25,26)18-10-13-6-4-5-9-17(13)27-18/h1-12,22H. The number of rotatable bonds is 5. The molecule has 148 valence electrons. The van der Waals surface area contributed by atoms with Gasteiger partial charge in [0.1, 0.15) is 11.4 Å². The van der Waals surface area contributed by atoms with Crippen molar-refractivity contribution in [3.63, 3.8) is 0 Å². The fourth-order valence-corrected chi connectivity index (χ4v) is 5.13. The summed E-state index contributed by atoms with van der Waals surface area (Å²) in [5.41, 5.74) is -0.184. The fraction of sp³-hybridized carbons (Fsp3) is 0. The highest BCUT2D eigenvalue weighted by Crippen LogP contribution is 2.29. The minimum absolute atomic E-state index is 0.108. The molecule has 10 heteroatoms. The smallest absolute Gasteiger partial charge is 0.295 e. The van der Waals surface area contributed by atoms with E-state index >= 15 is 0 Å². The zero-order valence-corrected chi connectivity index (χ0v) is 16.2. The first-order valence-corrected chi connectivity index (χ1v) is 11.2.